The van der Waals surface area contributed by atoms with Gasteiger partial charge in [-0.3, -0.25) is 9.59 Å². The highest BCUT2D eigenvalue weighted by Crippen LogP contribution is 2.32. The van der Waals surface area contributed by atoms with Crippen LogP contribution in [0, 0.1) is 5.92 Å². The first-order valence-electron chi connectivity index (χ1n) is 13.2. The molecule has 1 aliphatic carbocycles. The van der Waals surface area contributed by atoms with Crippen LogP contribution in [0.5, 0.6) is 0 Å². The van der Waals surface area contributed by atoms with Crippen LogP contribution in [0.1, 0.15) is 67.4 Å². The number of carbonyl (C=O) groups is 2. The van der Waals surface area contributed by atoms with E-state index in [0.717, 1.165) is 44.5 Å². The maximum atomic E-state index is 12.7. The predicted octanol–water partition coefficient (Wildman–Crippen LogP) is 6.88. The molecule has 0 radical (unpaired) electrons. The number of carbonyl (C=O) groups excluding carboxylic acids is 1. The molecule has 0 heterocycles. The zero-order chi connectivity index (χ0) is 27.2. The number of carboxylic acids is 1. The maximum Gasteiger partial charge on any atom is 0.307 e. The molecular weight excluding hydrogens is 484 g/mol. The molecule has 0 aromatic heterocycles. The zero-order valence-corrected chi connectivity index (χ0v) is 23.4. The number of hydrogen-bond acceptors (Lipinski definition) is 4. The van der Waals surface area contributed by atoms with E-state index in [1.54, 1.807) is 24.3 Å². The van der Waals surface area contributed by atoms with Gasteiger partial charge in [-0.25, -0.2) is 0 Å². The van der Waals surface area contributed by atoms with Crippen molar-refractivity contribution in [3.63, 3.8) is 0 Å². The summed E-state index contributed by atoms with van der Waals surface area (Å²) >= 11 is 6.13. The minimum Gasteiger partial charge on any atom is -0.481 e. The van der Waals surface area contributed by atoms with Crippen molar-refractivity contribution in [1.29, 1.82) is 0 Å². The van der Waals surface area contributed by atoms with Crippen molar-refractivity contribution in [2.75, 3.05) is 27.2 Å². The summed E-state index contributed by atoms with van der Waals surface area (Å²) in [4.78, 5) is 26.8. The van der Waals surface area contributed by atoms with Crippen molar-refractivity contribution < 1.29 is 14.7 Å². The van der Waals surface area contributed by atoms with E-state index in [2.05, 4.69) is 54.7 Å². The Morgan fingerprint density at radius 2 is 1.73 bits per heavy atom. The van der Waals surface area contributed by atoms with Crippen LogP contribution >= 0.6 is 11.6 Å². The van der Waals surface area contributed by atoms with Crippen molar-refractivity contribution in [2.45, 2.75) is 52.5 Å². The first-order valence-corrected chi connectivity index (χ1v) is 13.6. The number of nitrogens with one attached hydrogen (secondary N) is 1. The van der Waals surface area contributed by atoms with E-state index >= 15 is 0 Å². The van der Waals surface area contributed by atoms with Gasteiger partial charge in [0.1, 0.15) is 0 Å². The molecule has 0 bridgehead atoms. The van der Waals surface area contributed by atoms with Gasteiger partial charge in [-0.2, -0.15) is 0 Å². The summed E-state index contributed by atoms with van der Waals surface area (Å²) in [6, 6.07) is 15.2. The molecule has 1 unspecified atom stereocenters. The minimum absolute atomic E-state index is 0.0602. The Labute approximate surface area is 227 Å². The van der Waals surface area contributed by atoms with Gasteiger partial charge in [0, 0.05) is 18.5 Å². The van der Waals surface area contributed by atoms with Crippen LogP contribution in [-0.2, 0) is 11.3 Å². The molecule has 37 heavy (non-hydrogen) atoms. The molecule has 5 nitrogen and oxygen atoms in total. The Hall–Kier alpha value is -2.73. The largest absolute Gasteiger partial charge is 0.481 e. The molecule has 2 N–H and O–H groups in total. The highest BCUT2D eigenvalue weighted by molar-refractivity contribution is 6.34. The van der Waals surface area contributed by atoms with Crippen LogP contribution in [0.4, 0.5) is 0 Å². The highest BCUT2D eigenvalue weighted by Gasteiger charge is 2.25. The summed E-state index contributed by atoms with van der Waals surface area (Å²) in [5.74, 6) is -1.95. The third-order valence-corrected chi connectivity index (χ3v) is 6.67. The van der Waals surface area contributed by atoms with Gasteiger partial charge >= 0.3 is 5.97 Å². The number of ketones is 1. The number of carboxylic acid groups (broad SMARTS) is 1. The molecule has 2 aromatic rings. The van der Waals surface area contributed by atoms with E-state index < -0.39 is 11.9 Å². The van der Waals surface area contributed by atoms with Crippen molar-refractivity contribution in [2.24, 2.45) is 5.92 Å². The Kier molecular flexibility index (Phi) is 13.3. The molecule has 0 amide bonds. The van der Waals surface area contributed by atoms with Crippen molar-refractivity contribution in [3.05, 3.63) is 88.0 Å². The summed E-state index contributed by atoms with van der Waals surface area (Å²) in [5.41, 5.74) is 5.22. The van der Waals surface area contributed by atoms with E-state index in [0.29, 0.717) is 17.0 Å². The average Bonchev–Trinajstić information content (AvgIpc) is 2.90. The lowest BCUT2D eigenvalue weighted by molar-refractivity contribution is -0.141. The number of aliphatic carboxylic acids is 1. The Morgan fingerprint density at radius 3 is 2.38 bits per heavy atom. The van der Waals surface area contributed by atoms with E-state index in [-0.39, 0.29) is 12.2 Å². The van der Waals surface area contributed by atoms with Crippen LogP contribution < -0.4 is 5.32 Å². The minimum atomic E-state index is -0.952. The molecule has 2 aromatic carbocycles. The molecule has 0 spiro atoms. The number of nitrogens with zero attached hydrogens (tertiary/aromatic N) is 1. The summed E-state index contributed by atoms with van der Waals surface area (Å²) in [6.45, 7) is 6.86. The summed E-state index contributed by atoms with van der Waals surface area (Å²) < 4.78 is 0. The molecule has 0 fully saturated rings. The number of rotatable bonds is 13. The van der Waals surface area contributed by atoms with Gasteiger partial charge in [-0.05, 0) is 81.7 Å². The second kappa shape index (κ2) is 16.2. The molecular formula is C31H41ClN2O3. The number of benzene rings is 2. The predicted molar refractivity (Wildman–Crippen MR) is 154 cm³/mol. The first-order chi connectivity index (χ1) is 17.8. The van der Waals surface area contributed by atoms with Crippen LogP contribution in [0.3, 0.4) is 0 Å². The lowest BCUT2D eigenvalue weighted by Gasteiger charge is -2.20. The van der Waals surface area contributed by atoms with Crippen LogP contribution in [0.15, 0.2) is 66.3 Å². The molecule has 0 aliphatic heterocycles. The monoisotopic (exact) mass is 524 g/mol. The fraction of sp³-hybridized carbons (Fsp3) is 0.419. The van der Waals surface area contributed by atoms with Gasteiger partial charge in [-0.15, -0.1) is 0 Å². The highest BCUT2D eigenvalue weighted by atomic mass is 35.5. The molecule has 1 atom stereocenters. The summed E-state index contributed by atoms with van der Waals surface area (Å²) in [7, 11) is 4.17. The van der Waals surface area contributed by atoms with Crippen molar-refractivity contribution in [3.8, 4) is 0 Å². The van der Waals surface area contributed by atoms with Crippen LogP contribution in [0.2, 0.25) is 5.02 Å². The van der Waals surface area contributed by atoms with Gasteiger partial charge in [0.15, 0.2) is 5.78 Å². The van der Waals surface area contributed by atoms with Crippen LogP contribution in [-0.4, -0.2) is 48.9 Å². The van der Waals surface area contributed by atoms with Gasteiger partial charge in [0.05, 0.1) is 10.9 Å². The lowest BCUT2D eigenvalue weighted by Crippen LogP contribution is -2.21. The van der Waals surface area contributed by atoms with Gasteiger partial charge in [0.2, 0.25) is 0 Å². The molecule has 6 heteroatoms. The third kappa shape index (κ3) is 9.92. The smallest absolute Gasteiger partial charge is 0.307 e. The Bertz CT molecular complexity index is 1090. The van der Waals surface area contributed by atoms with Crippen LogP contribution in [0.25, 0.3) is 5.57 Å². The molecule has 3 rings (SSSR count). The van der Waals surface area contributed by atoms with E-state index in [1.165, 1.54) is 16.7 Å². The van der Waals surface area contributed by atoms with E-state index in [9.17, 15) is 14.7 Å². The average molecular weight is 525 g/mol. The molecule has 1 aliphatic rings. The Balaban J connectivity index is 0.00000235. The SMILES string of the molecule is CC.CN(C)CCCNCc1ccccc1C1=CC=C(CC(CC(=O)c2ccccc2Cl)C(=O)O)CC1. The molecule has 0 saturated carbocycles. The number of hydrogen-bond donors (Lipinski definition) is 2. The number of allylic oxidation sites excluding steroid dienone is 4. The van der Waals surface area contributed by atoms with Gasteiger partial charge < -0.3 is 15.3 Å². The third-order valence-electron chi connectivity index (χ3n) is 6.34. The lowest BCUT2D eigenvalue weighted by atomic mass is 9.85. The number of Topliss-reactive ketones (excluding diaryl/α,β-unsaturated/α-hetero) is 1. The van der Waals surface area contributed by atoms with Gasteiger partial charge in [-0.1, -0.05) is 79.6 Å². The zero-order valence-electron chi connectivity index (χ0n) is 22.6. The second-order valence-electron chi connectivity index (χ2n) is 9.35. The molecule has 200 valence electrons. The first kappa shape index (κ1) is 30.5. The number of halogens is 1. The quantitative estimate of drug-likeness (QED) is 0.221. The topological polar surface area (TPSA) is 69.6 Å². The normalized spacial score (nSPS) is 13.8. The summed E-state index contributed by atoms with van der Waals surface area (Å²) in [5, 5.41) is 13.7. The fourth-order valence-electron chi connectivity index (χ4n) is 4.39. The standard InChI is InChI=1S/C29H35ClN2O3.C2H6/c1-32(2)17-7-16-31-20-23-8-3-4-9-25(23)22-14-12-21(13-15-22)18-24(29(34)35)19-28(33)26-10-5-6-11-27(26)30;1-2/h3-6,8-12,14,24,31H,7,13,15-20H2,1-2H3,(H,34,35);1-2H3. The van der Waals surface area contributed by atoms with E-state index in [1.807, 2.05) is 19.9 Å². The van der Waals surface area contributed by atoms with Gasteiger partial charge in [0.25, 0.3) is 0 Å². The van der Waals surface area contributed by atoms with E-state index in [4.69, 9.17) is 11.6 Å². The summed E-state index contributed by atoms with van der Waals surface area (Å²) in [6.07, 6.45) is 7.21. The second-order valence-corrected chi connectivity index (χ2v) is 9.76. The fourth-order valence-corrected chi connectivity index (χ4v) is 4.63. The van der Waals surface area contributed by atoms with Crippen molar-refractivity contribution >= 4 is 28.9 Å². The maximum absolute atomic E-state index is 12.7. The Morgan fingerprint density at radius 1 is 1.03 bits per heavy atom. The van der Waals surface area contributed by atoms with Crippen molar-refractivity contribution in [1.82, 2.24) is 10.2 Å². The molecule has 0 saturated heterocycles.